The fourth-order valence-corrected chi connectivity index (χ4v) is 3.42. The summed E-state index contributed by atoms with van der Waals surface area (Å²) in [4.78, 5) is 21.2. The zero-order valence-corrected chi connectivity index (χ0v) is 12.2. The van der Waals surface area contributed by atoms with Crippen molar-refractivity contribution in [1.82, 2.24) is 9.97 Å². The highest BCUT2D eigenvalue weighted by Gasteiger charge is 2.34. The molecule has 1 saturated heterocycles. The third-order valence-corrected chi connectivity index (χ3v) is 4.18. The van der Waals surface area contributed by atoms with Crippen LogP contribution in [0.15, 0.2) is 16.9 Å². The maximum absolute atomic E-state index is 11.8. The van der Waals surface area contributed by atoms with Crippen LogP contribution in [0.1, 0.15) is 6.42 Å². The van der Waals surface area contributed by atoms with Gasteiger partial charge in [0.1, 0.15) is 4.60 Å². The van der Waals surface area contributed by atoms with E-state index >= 15 is 0 Å². The third kappa shape index (κ3) is 3.39. The Kier molecular flexibility index (Phi) is 3.88. The zero-order valence-electron chi connectivity index (χ0n) is 9.08. The molecule has 0 spiro atoms. The largest absolute Gasteiger partial charge is 0.280 e. The first-order valence-corrected chi connectivity index (χ1v) is 8.33. The quantitative estimate of drug-likeness (QED) is 0.601. The standard InChI is InChI=1S/C9H9BrClN3O3S/c10-7-1-2-12-9(13-7)14-4-6(3-8(14)15)5-18(11,16)17/h1-2,6H,3-5H2. The first-order chi connectivity index (χ1) is 8.35. The third-order valence-electron chi connectivity index (χ3n) is 2.49. The van der Waals surface area contributed by atoms with Gasteiger partial charge in [0.2, 0.25) is 20.9 Å². The molecule has 9 heteroatoms. The van der Waals surface area contributed by atoms with Gasteiger partial charge in [-0.1, -0.05) is 0 Å². The Balaban J connectivity index is 2.15. The van der Waals surface area contributed by atoms with Gasteiger partial charge in [-0.05, 0) is 22.0 Å². The van der Waals surface area contributed by atoms with Crippen LogP contribution < -0.4 is 4.90 Å². The Labute approximate surface area is 117 Å². The molecule has 1 fully saturated rings. The molecule has 6 nitrogen and oxygen atoms in total. The molecule has 1 unspecified atom stereocenters. The van der Waals surface area contributed by atoms with Gasteiger partial charge in [-0.3, -0.25) is 9.69 Å². The Morgan fingerprint density at radius 1 is 1.56 bits per heavy atom. The molecule has 2 rings (SSSR count). The molecule has 1 aliphatic heterocycles. The summed E-state index contributed by atoms with van der Waals surface area (Å²) < 4.78 is 22.5. The number of hydrogen-bond donors (Lipinski definition) is 0. The second kappa shape index (κ2) is 5.10. The highest BCUT2D eigenvalue weighted by molar-refractivity contribution is 9.10. The fraction of sp³-hybridized carbons (Fsp3) is 0.444. The molecular weight excluding hydrogens is 346 g/mol. The first kappa shape index (κ1) is 13.7. The van der Waals surface area contributed by atoms with Crippen LogP contribution in [0.3, 0.4) is 0 Å². The van der Waals surface area contributed by atoms with Gasteiger partial charge in [0.05, 0.1) is 5.75 Å². The van der Waals surface area contributed by atoms with Gasteiger partial charge in [-0.25, -0.2) is 18.4 Å². The predicted molar refractivity (Wildman–Crippen MR) is 69.8 cm³/mol. The minimum Gasteiger partial charge on any atom is -0.280 e. The lowest BCUT2D eigenvalue weighted by molar-refractivity contribution is -0.117. The van der Waals surface area contributed by atoms with E-state index in [9.17, 15) is 13.2 Å². The van der Waals surface area contributed by atoms with Crippen LogP contribution in [0.2, 0.25) is 0 Å². The molecule has 1 atom stereocenters. The van der Waals surface area contributed by atoms with Crippen molar-refractivity contribution in [3.63, 3.8) is 0 Å². The minimum atomic E-state index is -3.60. The number of aromatic nitrogens is 2. The number of carbonyl (C=O) groups is 1. The van der Waals surface area contributed by atoms with Crippen molar-refractivity contribution in [3.8, 4) is 0 Å². The molecule has 1 aromatic rings. The number of halogens is 2. The summed E-state index contributed by atoms with van der Waals surface area (Å²) in [5.74, 6) is -0.463. The van der Waals surface area contributed by atoms with Crippen LogP contribution in [0.25, 0.3) is 0 Å². The van der Waals surface area contributed by atoms with Crippen LogP contribution >= 0.6 is 26.6 Å². The number of carbonyl (C=O) groups excluding carboxylic acids is 1. The molecule has 0 bridgehead atoms. The summed E-state index contributed by atoms with van der Waals surface area (Å²) in [7, 11) is 1.58. The van der Waals surface area contributed by atoms with Gasteiger partial charge in [0, 0.05) is 35.8 Å². The normalized spacial score (nSPS) is 20.4. The van der Waals surface area contributed by atoms with Gasteiger partial charge >= 0.3 is 0 Å². The Morgan fingerprint density at radius 2 is 2.28 bits per heavy atom. The van der Waals surface area contributed by atoms with Crippen LogP contribution in [0.4, 0.5) is 5.95 Å². The number of hydrogen-bond acceptors (Lipinski definition) is 5. The second-order valence-electron chi connectivity index (χ2n) is 3.96. The van der Waals surface area contributed by atoms with Crippen molar-refractivity contribution in [2.24, 2.45) is 5.92 Å². The van der Waals surface area contributed by atoms with E-state index in [4.69, 9.17) is 10.7 Å². The van der Waals surface area contributed by atoms with Gasteiger partial charge in [0.15, 0.2) is 0 Å². The maximum Gasteiger partial charge on any atom is 0.233 e. The maximum atomic E-state index is 11.8. The molecule has 0 radical (unpaired) electrons. The Hall–Kier alpha value is -0.730. The van der Waals surface area contributed by atoms with E-state index < -0.39 is 9.05 Å². The van der Waals surface area contributed by atoms with Gasteiger partial charge < -0.3 is 0 Å². The summed E-state index contributed by atoms with van der Waals surface area (Å²) in [5.41, 5.74) is 0. The zero-order chi connectivity index (χ0) is 13.3. The van der Waals surface area contributed by atoms with Crippen LogP contribution in [0, 0.1) is 5.92 Å². The van der Waals surface area contributed by atoms with Gasteiger partial charge in [-0.2, -0.15) is 0 Å². The molecule has 1 aliphatic rings. The highest BCUT2D eigenvalue weighted by Crippen LogP contribution is 2.24. The highest BCUT2D eigenvalue weighted by atomic mass is 79.9. The van der Waals surface area contributed by atoms with E-state index in [1.807, 2.05) is 0 Å². The average Bonchev–Trinajstić information content (AvgIpc) is 2.56. The van der Waals surface area contributed by atoms with Crippen molar-refractivity contribution >= 4 is 47.5 Å². The SMILES string of the molecule is O=C1CC(CS(=O)(=O)Cl)CN1c1nccc(Br)n1. The average molecular weight is 355 g/mol. The van der Waals surface area contributed by atoms with E-state index in [1.165, 1.54) is 11.1 Å². The monoisotopic (exact) mass is 353 g/mol. The van der Waals surface area contributed by atoms with E-state index in [1.54, 1.807) is 6.07 Å². The molecule has 1 amide bonds. The van der Waals surface area contributed by atoms with Gasteiger partial charge in [0.25, 0.3) is 0 Å². The van der Waals surface area contributed by atoms with Crippen molar-refractivity contribution in [1.29, 1.82) is 0 Å². The molecule has 2 heterocycles. The van der Waals surface area contributed by atoms with E-state index in [0.29, 0.717) is 4.60 Å². The number of amides is 1. The molecule has 0 aromatic carbocycles. The van der Waals surface area contributed by atoms with Crippen molar-refractivity contribution in [2.75, 3.05) is 17.2 Å². The van der Waals surface area contributed by atoms with E-state index in [-0.39, 0.29) is 36.5 Å². The molecule has 0 saturated carbocycles. The van der Waals surface area contributed by atoms with E-state index in [2.05, 4.69) is 25.9 Å². The number of nitrogens with zero attached hydrogens (tertiary/aromatic N) is 3. The smallest absolute Gasteiger partial charge is 0.233 e. The number of anilines is 1. The molecule has 98 valence electrons. The molecule has 18 heavy (non-hydrogen) atoms. The lowest BCUT2D eigenvalue weighted by Crippen LogP contribution is -2.27. The summed E-state index contributed by atoms with van der Waals surface area (Å²) in [6.45, 7) is 0.265. The fourth-order valence-electron chi connectivity index (χ4n) is 1.83. The summed E-state index contributed by atoms with van der Waals surface area (Å²) >= 11 is 3.19. The van der Waals surface area contributed by atoms with Crippen LogP contribution in [-0.2, 0) is 13.8 Å². The first-order valence-electron chi connectivity index (χ1n) is 5.06. The topological polar surface area (TPSA) is 80.2 Å². The Bertz CT molecular complexity index is 580. The lowest BCUT2D eigenvalue weighted by Gasteiger charge is -2.13. The van der Waals surface area contributed by atoms with Crippen molar-refractivity contribution < 1.29 is 13.2 Å². The predicted octanol–water partition coefficient (Wildman–Crippen LogP) is 1.16. The van der Waals surface area contributed by atoms with Crippen molar-refractivity contribution in [3.05, 3.63) is 16.9 Å². The molecule has 1 aromatic heterocycles. The summed E-state index contributed by atoms with van der Waals surface area (Å²) in [6.07, 6.45) is 1.66. The Morgan fingerprint density at radius 3 is 2.89 bits per heavy atom. The molecular formula is C9H9BrClN3O3S. The van der Waals surface area contributed by atoms with E-state index in [0.717, 1.165) is 0 Å². The minimum absolute atomic E-state index is 0.141. The number of rotatable bonds is 3. The lowest BCUT2D eigenvalue weighted by atomic mass is 10.1. The molecule has 0 N–H and O–H groups in total. The molecule has 0 aliphatic carbocycles. The van der Waals surface area contributed by atoms with Crippen LogP contribution in [-0.4, -0.2) is 36.6 Å². The second-order valence-corrected chi connectivity index (χ2v) is 7.59. The van der Waals surface area contributed by atoms with Crippen molar-refractivity contribution in [2.45, 2.75) is 6.42 Å². The van der Waals surface area contributed by atoms with Crippen LogP contribution in [0.5, 0.6) is 0 Å². The van der Waals surface area contributed by atoms with Gasteiger partial charge in [-0.15, -0.1) is 0 Å². The summed E-state index contributed by atoms with van der Waals surface area (Å²) in [5, 5.41) is 0. The summed E-state index contributed by atoms with van der Waals surface area (Å²) in [6, 6.07) is 1.64.